The molecule has 1 saturated carbocycles. The Kier molecular flexibility index (Phi) is 4.54. The van der Waals surface area contributed by atoms with Gasteiger partial charge in [-0.15, -0.1) is 0 Å². The summed E-state index contributed by atoms with van der Waals surface area (Å²) in [4.78, 5) is 27.2. The molecule has 1 aromatic carbocycles. The van der Waals surface area contributed by atoms with Gasteiger partial charge in [0.05, 0.1) is 17.1 Å². The number of imide groups is 1. The predicted octanol–water partition coefficient (Wildman–Crippen LogP) is 1.83. The minimum absolute atomic E-state index is 0.0755. The second kappa shape index (κ2) is 6.30. The second-order valence-electron chi connectivity index (χ2n) is 6.49. The molecular weight excluding hydrogens is 337 g/mol. The molecule has 1 atom stereocenters. The highest BCUT2D eigenvalue weighted by Crippen LogP contribution is 2.34. The number of hydrogen-bond acceptors (Lipinski definition) is 2. The standard InChI is InChI=1S/C16H19Cl2N3O2/c1-20(9-11-4-5-12(17)13(18)8-11)10-21-14(22)16(19-15(21)23)6-2-3-7-16/h4-5,8H,2-3,6-7,9-10H2,1H3,(H,19,23)/p+1. The van der Waals surface area contributed by atoms with Crippen molar-refractivity contribution in [3.8, 4) is 0 Å². The fourth-order valence-corrected chi connectivity index (χ4v) is 3.78. The van der Waals surface area contributed by atoms with Crippen LogP contribution in [0.15, 0.2) is 18.2 Å². The average molecular weight is 357 g/mol. The van der Waals surface area contributed by atoms with Crippen molar-refractivity contribution in [3.63, 3.8) is 0 Å². The van der Waals surface area contributed by atoms with E-state index in [4.69, 9.17) is 23.2 Å². The third kappa shape index (κ3) is 3.18. The van der Waals surface area contributed by atoms with Gasteiger partial charge in [-0.25, -0.2) is 9.69 Å². The molecule has 1 saturated heterocycles. The molecule has 0 radical (unpaired) electrons. The van der Waals surface area contributed by atoms with E-state index < -0.39 is 5.54 Å². The molecule has 124 valence electrons. The highest BCUT2D eigenvalue weighted by Gasteiger charge is 2.53. The molecule has 3 rings (SSSR count). The molecule has 23 heavy (non-hydrogen) atoms. The van der Waals surface area contributed by atoms with Crippen LogP contribution in [0.1, 0.15) is 31.2 Å². The van der Waals surface area contributed by atoms with Crippen LogP contribution in [-0.4, -0.2) is 36.1 Å². The summed E-state index contributed by atoms with van der Waals surface area (Å²) in [5.41, 5.74) is 0.376. The van der Waals surface area contributed by atoms with Gasteiger partial charge in [-0.3, -0.25) is 4.79 Å². The van der Waals surface area contributed by atoms with E-state index in [2.05, 4.69) is 5.32 Å². The van der Waals surface area contributed by atoms with Gasteiger partial charge in [0.1, 0.15) is 12.1 Å². The molecule has 1 aromatic rings. The summed E-state index contributed by atoms with van der Waals surface area (Å²) in [5.74, 6) is -0.0755. The van der Waals surface area contributed by atoms with Crippen LogP contribution in [-0.2, 0) is 11.3 Å². The van der Waals surface area contributed by atoms with Gasteiger partial charge in [-0.1, -0.05) is 42.1 Å². The van der Waals surface area contributed by atoms with Crippen molar-refractivity contribution < 1.29 is 14.5 Å². The van der Waals surface area contributed by atoms with E-state index in [1.54, 1.807) is 6.07 Å². The molecule has 3 amide bonds. The van der Waals surface area contributed by atoms with Gasteiger partial charge in [0.25, 0.3) is 5.91 Å². The molecule has 0 bridgehead atoms. The molecule has 2 aliphatic rings. The quantitative estimate of drug-likeness (QED) is 0.808. The first-order valence-electron chi connectivity index (χ1n) is 7.81. The van der Waals surface area contributed by atoms with Crippen LogP contribution in [0.4, 0.5) is 4.79 Å². The number of urea groups is 1. The Bertz CT molecular complexity index is 644. The van der Waals surface area contributed by atoms with Crippen molar-refractivity contribution in [1.82, 2.24) is 10.2 Å². The van der Waals surface area contributed by atoms with Crippen LogP contribution in [0, 0.1) is 0 Å². The molecular formula is C16H20Cl2N3O2+. The molecule has 1 spiro atoms. The predicted molar refractivity (Wildman–Crippen MR) is 88.5 cm³/mol. The summed E-state index contributed by atoms with van der Waals surface area (Å²) in [5, 5.41) is 3.93. The lowest BCUT2D eigenvalue weighted by Gasteiger charge is -2.22. The largest absolute Gasteiger partial charge is 0.329 e. The Morgan fingerprint density at radius 3 is 2.57 bits per heavy atom. The van der Waals surface area contributed by atoms with Gasteiger partial charge in [0.2, 0.25) is 0 Å². The zero-order valence-corrected chi connectivity index (χ0v) is 14.5. The molecule has 1 heterocycles. The molecule has 2 N–H and O–H groups in total. The molecule has 7 heteroatoms. The molecule has 5 nitrogen and oxygen atoms in total. The van der Waals surface area contributed by atoms with E-state index >= 15 is 0 Å². The van der Waals surface area contributed by atoms with Gasteiger partial charge in [0.15, 0.2) is 6.67 Å². The van der Waals surface area contributed by atoms with Crippen LogP contribution >= 0.6 is 23.2 Å². The first kappa shape index (κ1) is 16.6. The average Bonchev–Trinajstić information content (AvgIpc) is 3.05. The SMILES string of the molecule is C[NH+](Cc1ccc(Cl)c(Cl)c1)CN1C(=O)NC2(CCCC2)C1=O. The number of nitrogens with zero attached hydrogens (tertiary/aromatic N) is 1. The number of rotatable bonds is 4. The summed E-state index contributed by atoms with van der Waals surface area (Å²) >= 11 is 11.9. The Labute approximate surface area is 145 Å². The van der Waals surface area contributed by atoms with E-state index in [1.165, 1.54) is 4.90 Å². The van der Waals surface area contributed by atoms with Crippen LogP contribution in [0.25, 0.3) is 0 Å². The van der Waals surface area contributed by atoms with E-state index in [0.29, 0.717) is 23.3 Å². The lowest BCUT2D eigenvalue weighted by molar-refractivity contribution is -0.901. The zero-order valence-electron chi connectivity index (χ0n) is 13.0. The van der Waals surface area contributed by atoms with Crippen molar-refractivity contribution >= 4 is 35.1 Å². The monoisotopic (exact) mass is 356 g/mol. The summed E-state index contributed by atoms with van der Waals surface area (Å²) < 4.78 is 0. The van der Waals surface area contributed by atoms with Crippen molar-refractivity contribution in [3.05, 3.63) is 33.8 Å². The number of hydrogen-bond donors (Lipinski definition) is 2. The number of carbonyl (C=O) groups is 2. The Hall–Kier alpha value is -1.30. The van der Waals surface area contributed by atoms with Crippen LogP contribution in [0.3, 0.4) is 0 Å². The highest BCUT2D eigenvalue weighted by molar-refractivity contribution is 6.42. The first-order chi connectivity index (χ1) is 10.9. The molecule has 1 aliphatic carbocycles. The smallest absolute Gasteiger partial charge is 0.323 e. The lowest BCUT2D eigenvalue weighted by Crippen LogP contribution is -3.09. The number of halogens is 2. The minimum Gasteiger partial charge on any atom is -0.323 e. The summed E-state index contributed by atoms with van der Waals surface area (Å²) in [6.45, 7) is 0.994. The number of amides is 3. The van der Waals surface area contributed by atoms with Gasteiger partial charge in [-0.2, -0.15) is 0 Å². The van der Waals surface area contributed by atoms with Gasteiger partial charge in [0, 0.05) is 5.56 Å². The zero-order chi connectivity index (χ0) is 16.6. The number of benzene rings is 1. The van der Waals surface area contributed by atoms with Gasteiger partial charge < -0.3 is 10.2 Å². The van der Waals surface area contributed by atoms with Crippen molar-refractivity contribution in [2.75, 3.05) is 13.7 Å². The molecule has 2 fully saturated rings. The maximum absolute atomic E-state index is 12.6. The Balaban J connectivity index is 1.65. The normalized spacial score (nSPS) is 21.1. The fourth-order valence-electron chi connectivity index (χ4n) is 3.46. The van der Waals surface area contributed by atoms with Crippen LogP contribution < -0.4 is 10.2 Å². The summed E-state index contributed by atoms with van der Waals surface area (Å²) in [6, 6.07) is 5.21. The summed E-state index contributed by atoms with van der Waals surface area (Å²) in [7, 11) is 1.95. The first-order valence-corrected chi connectivity index (χ1v) is 8.56. The molecule has 1 unspecified atom stereocenters. The third-order valence-electron chi connectivity index (χ3n) is 4.62. The van der Waals surface area contributed by atoms with Crippen LogP contribution in [0.5, 0.6) is 0 Å². The fraction of sp³-hybridized carbons (Fsp3) is 0.500. The maximum Gasteiger partial charge on any atom is 0.329 e. The number of quaternary nitrogens is 1. The van der Waals surface area contributed by atoms with Gasteiger partial charge >= 0.3 is 6.03 Å². The third-order valence-corrected chi connectivity index (χ3v) is 5.36. The molecule has 1 aliphatic heterocycles. The lowest BCUT2D eigenvalue weighted by atomic mass is 9.98. The number of nitrogens with one attached hydrogen (secondary N) is 2. The van der Waals surface area contributed by atoms with Gasteiger partial charge in [-0.05, 0) is 25.0 Å². The van der Waals surface area contributed by atoms with Crippen molar-refractivity contribution in [2.24, 2.45) is 0 Å². The van der Waals surface area contributed by atoms with E-state index in [1.807, 2.05) is 19.2 Å². The number of carbonyl (C=O) groups excluding carboxylic acids is 2. The topological polar surface area (TPSA) is 53.9 Å². The Morgan fingerprint density at radius 1 is 1.22 bits per heavy atom. The van der Waals surface area contributed by atoms with E-state index in [0.717, 1.165) is 36.1 Å². The van der Waals surface area contributed by atoms with Crippen molar-refractivity contribution in [1.29, 1.82) is 0 Å². The van der Waals surface area contributed by atoms with E-state index in [9.17, 15) is 9.59 Å². The van der Waals surface area contributed by atoms with Crippen molar-refractivity contribution in [2.45, 2.75) is 37.8 Å². The summed E-state index contributed by atoms with van der Waals surface area (Å²) in [6.07, 6.45) is 3.48. The van der Waals surface area contributed by atoms with Crippen LogP contribution in [0.2, 0.25) is 10.0 Å². The molecule has 0 aromatic heterocycles. The minimum atomic E-state index is -0.638. The second-order valence-corrected chi connectivity index (χ2v) is 7.31. The maximum atomic E-state index is 12.6. The van der Waals surface area contributed by atoms with E-state index in [-0.39, 0.29) is 11.9 Å². The Morgan fingerprint density at radius 2 is 1.91 bits per heavy atom. The highest BCUT2D eigenvalue weighted by atomic mass is 35.5.